The second kappa shape index (κ2) is 5.38. The highest BCUT2D eigenvalue weighted by molar-refractivity contribution is 7.89. The van der Waals surface area contributed by atoms with Gasteiger partial charge in [-0.2, -0.15) is 4.31 Å². The van der Waals surface area contributed by atoms with Crippen LogP contribution >= 0.6 is 0 Å². The number of hydrogen-bond donors (Lipinski definition) is 0. The summed E-state index contributed by atoms with van der Waals surface area (Å²) in [6.07, 6.45) is 5.66. The van der Waals surface area contributed by atoms with Gasteiger partial charge in [0.25, 0.3) is 5.69 Å². The Kier molecular flexibility index (Phi) is 3.71. The summed E-state index contributed by atoms with van der Waals surface area (Å²) >= 11 is 0. The van der Waals surface area contributed by atoms with Crippen LogP contribution in [-0.4, -0.2) is 30.2 Å². The van der Waals surface area contributed by atoms with Gasteiger partial charge in [0.05, 0.1) is 4.92 Å². The van der Waals surface area contributed by atoms with Crippen molar-refractivity contribution >= 4 is 15.7 Å². The number of rotatable bonds is 4. The van der Waals surface area contributed by atoms with Gasteiger partial charge in [-0.25, -0.2) is 8.42 Å². The lowest BCUT2D eigenvalue weighted by molar-refractivity contribution is -0.387. The van der Waals surface area contributed by atoms with E-state index in [0.717, 1.165) is 25.7 Å². The van der Waals surface area contributed by atoms with Gasteiger partial charge in [0.2, 0.25) is 10.0 Å². The van der Waals surface area contributed by atoms with E-state index in [4.69, 9.17) is 0 Å². The van der Waals surface area contributed by atoms with E-state index in [9.17, 15) is 18.5 Å². The zero-order valence-corrected chi connectivity index (χ0v) is 12.5. The molecule has 0 bridgehead atoms. The molecule has 0 spiro atoms. The molecule has 0 N–H and O–H groups in total. The standard InChI is InChI=1S/C14H18N2O4S/c17-16(18)12-8-4-5-9-14(12)21(19,20)15-10-13(15)11-6-2-1-3-7-11/h4-5,8-9,11,13H,1-3,6-7,10H2/t13-,15?/m0/s1. The zero-order chi connectivity index (χ0) is 15.0. The van der Waals surface area contributed by atoms with E-state index >= 15 is 0 Å². The monoisotopic (exact) mass is 310 g/mol. The number of nitro benzene ring substituents is 1. The van der Waals surface area contributed by atoms with Gasteiger partial charge in [0.15, 0.2) is 4.90 Å². The third-order valence-electron chi connectivity index (χ3n) is 4.45. The van der Waals surface area contributed by atoms with E-state index in [1.165, 1.54) is 35.0 Å². The van der Waals surface area contributed by atoms with Crippen LogP contribution in [0.25, 0.3) is 0 Å². The Labute approximate surface area is 124 Å². The maximum atomic E-state index is 12.6. The van der Waals surface area contributed by atoms with Gasteiger partial charge >= 0.3 is 0 Å². The molecule has 2 atom stereocenters. The topological polar surface area (TPSA) is 80.3 Å². The summed E-state index contributed by atoms with van der Waals surface area (Å²) in [6, 6.07) is 5.61. The van der Waals surface area contributed by atoms with Crippen LogP contribution in [-0.2, 0) is 10.0 Å². The van der Waals surface area contributed by atoms with Crippen molar-refractivity contribution in [1.82, 2.24) is 4.31 Å². The quantitative estimate of drug-likeness (QED) is 0.486. The summed E-state index contributed by atoms with van der Waals surface area (Å²) < 4.78 is 26.6. The Balaban J connectivity index is 1.84. The molecule has 1 aliphatic heterocycles. The van der Waals surface area contributed by atoms with Crippen molar-refractivity contribution < 1.29 is 13.3 Å². The van der Waals surface area contributed by atoms with E-state index in [1.54, 1.807) is 0 Å². The van der Waals surface area contributed by atoms with E-state index in [0.29, 0.717) is 12.5 Å². The van der Waals surface area contributed by atoms with Gasteiger partial charge in [-0.05, 0) is 24.8 Å². The average molecular weight is 310 g/mol. The maximum absolute atomic E-state index is 12.6. The summed E-state index contributed by atoms with van der Waals surface area (Å²) in [5.74, 6) is 0.413. The molecule has 2 fully saturated rings. The maximum Gasteiger partial charge on any atom is 0.289 e. The van der Waals surface area contributed by atoms with Crippen LogP contribution in [0.1, 0.15) is 32.1 Å². The van der Waals surface area contributed by atoms with Gasteiger partial charge in [0.1, 0.15) is 0 Å². The summed E-state index contributed by atoms with van der Waals surface area (Å²) in [7, 11) is -3.75. The van der Waals surface area contributed by atoms with E-state index in [2.05, 4.69) is 0 Å². The van der Waals surface area contributed by atoms with Gasteiger partial charge in [-0.15, -0.1) is 0 Å². The van der Waals surface area contributed by atoms with Crippen LogP contribution in [0.3, 0.4) is 0 Å². The minimum atomic E-state index is -3.75. The minimum Gasteiger partial charge on any atom is -0.258 e. The fourth-order valence-electron chi connectivity index (χ4n) is 3.27. The highest BCUT2D eigenvalue weighted by Crippen LogP contribution is 2.41. The Morgan fingerprint density at radius 2 is 1.81 bits per heavy atom. The van der Waals surface area contributed by atoms with Crippen molar-refractivity contribution in [2.45, 2.75) is 43.0 Å². The Morgan fingerprint density at radius 3 is 2.48 bits per heavy atom. The van der Waals surface area contributed by atoms with Crippen molar-refractivity contribution in [1.29, 1.82) is 0 Å². The molecule has 7 heteroatoms. The molecule has 21 heavy (non-hydrogen) atoms. The van der Waals surface area contributed by atoms with Crippen LogP contribution in [0.5, 0.6) is 0 Å². The molecule has 0 radical (unpaired) electrons. The zero-order valence-electron chi connectivity index (χ0n) is 11.6. The van der Waals surface area contributed by atoms with Crippen LogP contribution in [0, 0.1) is 16.0 Å². The molecule has 3 rings (SSSR count). The largest absolute Gasteiger partial charge is 0.289 e. The molecule has 1 heterocycles. The molecular formula is C14H18N2O4S. The van der Waals surface area contributed by atoms with Crippen LogP contribution in [0.4, 0.5) is 5.69 Å². The number of para-hydroxylation sites is 1. The Morgan fingerprint density at radius 1 is 1.14 bits per heavy atom. The normalized spacial score (nSPS) is 26.5. The minimum absolute atomic E-state index is 0.0371. The number of nitro groups is 1. The third kappa shape index (κ3) is 2.67. The molecule has 1 aromatic rings. The van der Waals surface area contributed by atoms with Crippen molar-refractivity contribution in [3.63, 3.8) is 0 Å². The highest BCUT2D eigenvalue weighted by Gasteiger charge is 2.50. The van der Waals surface area contributed by atoms with Gasteiger partial charge in [-0.1, -0.05) is 31.4 Å². The molecular weight excluding hydrogens is 292 g/mol. The van der Waals surface area contributed by atoms with Gasteiger partial charge in [-0.3, -0.25) is 10.1 Å². The van der Waals surface area contributed by atoms with Crippen LogP contribution in [0.15, 0.2) is 29.2 Å². The van der Waals surface area contributed by atoms with E-state index < -0.39 is 14.9 Å². The van der Waals surface area contributed by atoms with Crippen LogP contribution in [0.2, 0.25) is 0 Å². The number of benzene rings is 1. The van der Waals surface area contributed by atoms with Crippen molar-refractivity contribution in [3.8, 4) is 0 Å². The average Bonchev–Trinajstić information content (AvgIpc) is 3.29. The molecule has 0 amide bonds. The van der Waals surface area contributed by atoms with Crippen LogP contribution < -0.4 is 0 Å². The summed E-state index contributed by atoms with van der Waals surface area (Å²) in [6.45, 7) is 0.499. The first kappa shape index (κ1) is 14.5. The van der Waals surface area contributed by atoms with E-state index in [-0.39, 0.29) is 16.6 Å². The van der Waals surface area contributed by atoms with E-state index in [1.807, 2.05) is 0 Å². The predicted octanol–water partition coefficient (Wildman–Crippen LogP) is 2.55. The molecule has 1 unspecified atom stereocenters. The number of nitrogens with zero attached hydrogens (tertiary/aromatic N) is 2. The lowest BCUT2D eigenvalue weighted by Crippen LogP contribution is -2.21. The highest BCUT2D eigenvalue weighted by atomic mass is 32.2. The molecule has 0 aromatic heterocycles. The van der Waals surface area contributed by atoms with Crippen molar-refractivity contribution in [3.05, 3.63) is 34.4 Å². The van der Waals surface area contributed by atoms with Crippen molar-refractivity contribution in [2.75, 3.05) is 6.54 Å². The first-order valence-electron chi connectivity index (χ1n) is 7.27. The second-order valence-electron chi connectivity index (χ2n) is 5.76. The number of sulfonamides is 1. The lowest BCUT2D eigenvalue weighted by Gasteiger charge is -2.21. The van der Waals surface area contributed by atoms with Gasteiger partial charge in [0, 0.05) is 18.7 Å². The third-order valence-corrected chi connectivity index (χ3v) is 6.38. The molecule has 1 saturated carbocycles. The molecule has 114 valence electrons. The fraction of sp³-hybridized carbons (Fsp3) is 0.571. The molecule has 1 aliphatic carbocycles. The first-order chi connectivity index (χ1) is 10.0. The molecule has 1 aromatic carbocycles. The molecule has 2 aliphatic rings. The smallest absolute Gasteiger partial charge is 0.258 e. The SMILES string of the molecule is O=[N+]([O-])c1ccccc1S(=O)(=O)N1C[C@H]1C1CCCCC1. The number of hydrogen-bond acceptors (Lipinski definition) is 4. The molecule has 1 saturated heterocycles. The predicted molar refractivity (Wildman–Crippen MR) is 77.4 cm³/mol. The summed E-state index contributed by atoms with van der Waals surface area (Å²) in [4.78, 5) is 10.2. The first-order valence-corrected chi connectivity index (χ1v) is 8.71. The second-order valence-corrected chi connectivity index (χ2v) is 7.62. The van der Waals surface area contributed by atoms with Crippen molar-refractivity contribution in [2.24, 2.45) is 5.92 Å². The summed E-state index contributed by atoms with van der Waals surface area (Å²) in [5.41, 5.74) is -0.341. The fourth-order valence-corrected chi connectivity index (χ4v) is 5.06. The summed E-state index contributed by atoms with van der Waals surface area (Å²) in [5, 5.41) is 11.0. The molecule has 6 nitrogen and oxygen atoms in total. The lowest BCUT2D eigenvalue weighted by atomic mass is 9.87. The Bertz CT molecular complexity index is 653. The Hall–Kier alpha value is -1.47. The van der Waals surface area contributed by atoms with Gasteiger partial charge < -0.3 is 0 Å².